The fraction of sp³-hybridized carbons (Fsp3) is 0.810. The molecule has 2 heterocycles. The van der Waals surface area contributed by atoms with Crippen LogP contribution in [0.25, 0.3) is 0 Å². The Morgan fingerprint density at radius 3 is 2.37 bits per heavy atom. The molecule has 0 aliphatic carbocycles. The molecule has 1 aliphatic rings. The summed E-state index contributed by atoms with van der Waals surface area (Å²) in [6, 6.07) is 0.615. The van der Waals surface area contributed by atoms with E-state index in [1.165, 1.54) is 6.42 Å². The lowest BCUT2D eigenvalue weighted by atomic mass is 10.2. The Labute approximate surface area is 168 Å². The Hall–Kier alpha value is -1.24. The summed E-state index contributed by atoms with van der Waals surface area (Å²) in [5.41, 5.74) is 1.11. The average molecular weight is 382 g/mol. The topological polar surface area (TPSA) is 53.5 Å². The summed E-state index contributed by atoms with van der Waals surface area (Å²) in [6.45, 7) is 18.5. The first-order chi connectivity index (χ1) is 13.2. The SMILES string of the molecule is CC.CCC(C)NCCCOCCCN1CCN(c2ncc(C)cn2)CC1.[HH]. The third-order valence-corrected chi connectivity index (χ3v) is 4.76. The number of hydrogen-bond acceptors (Lipinski definition) is 6. The molecule has 27 heavy (non-hydrogen) atoms. The van der Waals surface area contributed by atoms with E-state index in [1.54, 1.807) is 0 Å². The van der Waals surface area contributed by atoms with Gasteiger partial charge in [0.1, 0.15) is 0 Å². The molecule has 1 N–H and O–H groups in total. The highest BCUT2D eigenvalue weighted by Crippen LogP contribution is 2.10. The molecule has 0 bridgehead atoms. The molecule has 1 aliphatic heterocycles. The standard InChI is InChI=1S/C19H35N5O.C2H6.H2/c1-4-18(3)20-7-5-13-25-14-6-8-23-9-11-24(12-10-23)19-21-15-17(2)16-22-19;1-2;/h15-16,18,20H,4-14H2,1-3H3;1-2H3;1H. The summed E-state index contributed by atoms with van der Waals surface area (Å²) in [6.07, 6.45) is 7.18. The molecule has 0 amide bonds. The first-order valence-electron chi connectivity index (χ1n) is 10.8. The van der Waals surface area contributed by atoms with Gasteiger partial charge in [-0.3, -0.25) is 4.90 Å². The van der Waals surface area contributed by atoms with E-state index in [9.17, 15) is 0 Å². The molecule has 2 rings (SSSR count). The highest BCUT2D eigenvalue weighted by atomic mass is 16.5. The van der Waals surface area contributed by atoms with E-state index in [2.05, 4.69) is 38.9 Å². The van der Waals surface area contributed by atoms with Gasteiger partial charge < -0.3 is 15.0 Å². The van der Waals surface area contributed by atoms with Crippen molar-refractivity contribution >= 4 is 5.95 Å². The molecule has 0 aromatic carbocycles. The van der Waals surface area contributed by atoms with E-state index in [-0.39, 0.29) is 1.43 Å². The number of rotatable bonds is 11. The molecular weight excluding hydrogens is 338 g/mol. The fourth-order valence-electron chi connectivity index (χ4n) is 2.88. The van der Waals surface area contributed by atoms with Crippen LogP contribution in [0.1, 0.15) is 53.9 Å². The van der Waals surface area contributed by atoms with E-state index in [0.717, 1.165) is 76.8 Å². The van der Waals surface area contributed by atoms with Crippen LogP contribution in [0.5, 0.6) is 0 Å². The molecule has 1 fully saturated rings. The van der Waals surface area contributed by atoms with E-state index in [0.29, 0.717) is 6.04 Å². The Morgan fingerprint density at radius 1 is 1.11 bits per heavy atom. The number of ether oxygens (including phenoxy) is 1. The zero-order valence-electron chi connectivity index (χ0n) is 18.2. The van der Waals surface area contributed by atoms with Gasteiger partial charge in [-0.05, 0) is 45.2 Å². The second kappa shape index (κ2) is 14.8. The summed E-state index contributed by atoms with van der Waals surface area (Å²) in [5.74, 6) is 0.861. The van der Waals surface area contributed by atoms with Gasteiger partial charge in [0.05, 0.1) is 0 Å². The van der Waals surface area contributed by atoms with Crippen molar-refractivity contribution in [3.05, 3.63) is 18.0 Å². The van der Waals surface area contributed by atoms with Gasteiger partial charge >= 0.3 is 0 Å². The maximum Gasteiger partial charge on any atom is 0.225 e. The van der Waals surface area contributed by atoms with Gasteiger partial charge in [-0.1, -0.05) is 20.8 Å². The Morgan fingerprint density at radius 2 is 1.74 bits per heavy atom. The minimum atomic E-state index is 0. The largest absolute Gasteiger partial charge is 0.381 e. The van der Waals surface area contributed by atoms with Crippen molar-refractivity contribution in [3.63, 3.8) is 0 Å². The van der Waals surface area contributed by atoms with E-state index < -0.39 is 0 Å². The number of anilines is 1. The first kappa shape index (κ1) is 23.8. The number of piperazine rings is 1. The molecule has 6 heteroatoms. The smallest absolute Gasteiger partial charge is 0.225 e. The van der Waals surface area contributed by atoms with Crippen molar-refractivity contribution in [1.29, 1.82) is 0 Å². The van der Waals surface area contributed by atoms with Crippen LogP contribution >= 0.6 is 0 Å². The molecule has 1 atom stereocenters. The number of nitrogens with zero attached hydrogens (tertiary/aromatic N) is 4. The average Bonchev–Trinajstić information content (AvgIpc) is 2.72. The van der Waals surface area contributed by atoms with Gasteiger partial charge in [-0.15, -0.1) is 0 Å². The minimum absolute atomic E-state index is 0. The van der Waals surface area contributed by atoms with E-state index >= 15 is 0 Å². The van der Waals surface area contributed by atoms with Crippen LogP contribution in [0.4, 0.5) is 5.95 Å². The van der Waals surface area contributed by atoms with Crippen LogP contribution in [0, 0.1) is 6.92 Å². The summed E-state index contributed by atoms with van der Waals surface area (Å²) in [7, 11) is 0. The Balaban J connectivity index is 0.00000235. The predicted octanol–water partition coefficient (Wildman–Crippen LogP) is 3.36. The van der Waals surface area contributed by atoms with Gasteiger partial charge in [0.25, 0.3) is 0 Å². The predicted molar refractivity (Wildman–Crippen MR) is 117 cm³/mol. The Bertz CT molecular complexity index is 466. The normalized spacial score (nSPS) is 16.0. The van der Waals surface area contributed by atoms with Gasteiger partial charge in [0.2, 0.25) is 5.95 Å². The second-order valence-electron chi connectivity index (χ2n) is 6.97. The molecule has 0 saturated carbocycles. The zero-order valence-corrected chi connectivity index (χ0v) is 18.2. The first-order valence-corrected chi connectivity index (χ1v) is 10.8. The lowest BCUT2D eigenvalue weighted by Crippen LogP contribution is -2.47. The van der Waals surface area contributed by atoms with Crippen LogP contribution < -0.4 is 10.2 Å². The fourth-order valence-corrected chi connectivity index (χ4v) is 2.88. The number of aryl methyl sites for hydroxylation is 1. The van der Waals surface area contributed by atoms with Crippen molar-refractivity contribution < 1.29 is 6.16 Å². The van der Waals surface area contributed by atoms with Crippen molar-refractivity contribution in [1.82, 2.24) is 20.2 Å². The van der Waals surface area contributed by atoms with Gasteiger partial charge in [-0.25, -0.2) is 9.97 Å². The van der Waals surface area contributed by atoms with Crippen molar-refractivity contribution in [2.45, 2.75) is 59.9 Å². The van der Waals surface area contributed by atoms with E-state index in [4.69, 9.17) is 4.74 Å². The van der Waals surface area contributed by atoms with Crippen LogP contribution in [0.2, 0.25) is 0 Å². The van der Waals surface area contributed by atoms with Gasteiger partial charge in [0.15, 0.2) is 0 Å². The van der Waals surface area contributed by atoms with Gasteiger partial charge in [0, 0.05) is 65.8 Å². The maximum atomic E-state index is 5.74. The number of aromatic nitrogens is 2. The highest BCUT2D eigenvalue weighted by molar-refractivity contribution is 5.30. The molecule has 1 aromatic heterocycles. The van der Waals surface area contributed by atoms with Crippen LogP contribution in [0.3, 0.4) is 0 Å². The van der Waals surface area contributed by atoms with Crippen LogP contribution in [-0.4, -0.2) is 73.4 Å². The molecule has 1 saturated heterocycles. The lowest BCUT2D eigenvalue weighted by molar-refractivity contribution is 0.117. The molecule has 158 valence electrons. The summed E-state index contributed by atoms with van der Waals surface area (Å²) in [4.78, 5) is 13.6. The third kappa shape index (κ3) is 10.0. The minimum Gasteiger partial charge on any atom is -0.381 e. The van der Waals surface area contributed by atoms with Crippen LogP contribution in [0.15, 0.2) is 12.4 Å². The third-order valence-electron chi connectivity index (χ3n) is 4.76. The van der Waals surface area contributed by atoms with Crippen LogP contribution in [-0.2, 0) is 4.74 Å². The van der Waals surface area contributed by atoms with Crippen molar-refractivity contribution in [2.75, 3.05) is 57.4 Å². The monoisotopic (exact) mass is 381 g/mol. The molecule has 6 nitrogen and oxygen atoms in total. The number of hydrogen-bond donors (Lipinski definition) is 1. The second-order valence-corrected chi connectivity index (χ2v) is 6.97. The quantitative estimate of drug-likeness (QED) is 0.593. The summed E-state index contributed by atoms with van der Waals surface area (Å²) in [5, 5.41) is 3.49. The molecular formula is C21H43N5O. The summed E-state index contributed by atoms with van der Waals surface area (Å²) >= 11 is 0. The van der Waals surface area contributed by atoms with Gasteiger partial charge in [-0.2, -0.15) is 0 Å². The lowest BCUT2D eigenvalue weighted by Gasteiger charge is -2.34. The molecule has 1 unspecified atom stereocenters. The highest BCUT2D eigenvalue weighted by Gasteiger charge is 2.18. The Kier molecular flexibility index (Phi) is 13.0. The molecule has 0 spiro atoms. The summed E-state index contributed by atoms with van der Waals surface area (Å²) < 4.78 is 5.74. The van der Waals surface area contributed by atoms with Crippen molar-refractivity contribution in [2.24, 2.45) is 0 Å². The number of nitrogens with one attached hydrogen (secondary N) is 1. The van der Waals surface area contributed by atoms with Crippen molar-refractivity contribution in [3.8, 4) is 0 Å². The van der Waals surface area contributed by atoms with E-state index in [1.807, 2.05) is 33.2 Å². The maximum absolute atomic E-state index is 5.74. The molecule has 1 aromatic rings. The molecule has 0 radical (unpaired) electrons. The zero-order chi connectivity index (χ0) is 19.9.